The average molecular weight is 249 g/mol. The van der Waals surface area contributed by atoms with Gasteiger partial charge in [-0.1, -0.05) is 24.8 Å². The van der Waals surface area contributed by atoms with E-state index >= 15 is 0 Å². The fourth-order valence-electron chi connectivity index (χ4n) is 1.51. The van der Waals surface area contributed by atoms with Crippen LogP contribution in [0.3, 0.4) is 0 Å². The summed E-state index contributed by atoms with van der Waals surface area (Å²) in [5.74, 6) is 7.66. The van der Waals surface area contributed by atoms with Crippen LogP contribution in [-0.4, -0.2) is 25.6 Å². The molecule has 0 bridgehead atoms. The molecule has 0 aliphatic rings. The second-order valence-electron chi connectivity index (χ2n) is 3.56. The molecule has 5 nitrogen and oxygen atoms in total. The molecular weight excluding hydrogens is 234 g/mol. The van der Waals surface area contributed by atoms with Crippen LogP contribution in [0.25, 0.3) is 0 Å². The fourth-order valence-corrected chi connectivity index (χ4v) is 2.11. The number of hydrogen-bond donors (Lipinski definition) is 1. The summed E-state index contributed by atoms with van der Waals surface area (Å²) < 4.78 is 1.57. The third-order valence-electron chi connectivity index (χ3n) is 2.37. The lowest BCUT2D eigenvalue weighted by Crippen LogP contribution is -2.14. The topological polar surface area (TPSA) is 69.6 Å². The summed E-state index contributed by atoms with van der Waals surface area (Å²) in [7, 11) is 0. The molecular formula is C11H15N5S. The maximum Gasteiger partial charge on any atom is 0.209 e. The van der Waals surface area contributed by atoms with E-state index in [1.807, 2.05) is 18.3 Å². The number of nitrogen functional groups attached to an aromatic ring is 1. The van der Waals surface area contributed by atoms with Crippen molar-refractivity contribution in [3.05, 3.63) is 35.9 Å². The molecule has 0 atom stereocenters. The Balaban J connectivity index is 2.00. The molecule has 0 unspecified atom stereocenters. The van der Waals surface area contributed by atoms with Crippen LogP contribution in [0.2, 0.25) is 0 Å². The van der Waals surface area contributed by atoms with Gasteiger partial charge in [-0.25, -0.2) is 4.68 Å². The third kappa shape index (κ3) is 2.97. The predicted octanol–water partition coefficient (Wildman–Crippen LogP) is 1.28. The number of thioether (sulfide) groups is 1. The van der Waals surface area contributed by atoms with Crippen LogP contribution in [-0.2, 0) is 12.8 Å². The second-order valence-corrected chi connectivity index (χ2v) is 4.79. The van der Waals surface area contributed by atoms with Gasteiger partial charge < -0.3 is 5.84 Å². The van der Waals surface area contributed by atoms with Gasteiger partial charge in [0.15, 0.2) is 5.82 Å². The van der Waals surface area contributed by atoms with Gasteiger partial charge in [-0.3, -0.25) is 4.98 Å². The highest BCUT2D eigenvalue weighted by Gasteiger charge is 2.09. The summed E-state index contributed by atoms with van der Waals surface area (Å²) in [5, 5.41) is 8.92. The minimum absolute atomic E-state index is 0.772. The Morgan fingerprint density at radius 3 is 2.94 bits per heavy atom. The Labute approximate surface area is 104 Å². The summed E-state index contributed by atoms with van der Waals surface area (Å²) in [6.07, 6.45) is 5.28. The minimum atomic E-state index is 0.772. The predicted molar refractivity (Wildman–Crippen MR) is 68.2 cm³/mol. The van der Waals surface area contributed by atoms with Crippen LogP contribution in [0.4, 0.5) is 0 Å². The first-order chi connectivity index (χ1) is 8.31. The molecule has 0 aliphatic carbocycles. The van der Waals surface area contributed by atoms with Crippen LogP contribution >= 0.6 is 11.8 Å². The lowest BCUT2D eigenvalue weighted by molar-refractivity contribution is 0.767. The van der Waals surface area contributed by atoms with E-state index in [2.05, 4.69) is 22.1 Å². The molecule has 0 saturated carbocycles. The number of pyridine rings is 1. The highest BCUT2D eigenvalue weighted by Crippen LogP contribution is 2.14. The Morgan fingerprint density at radius 1 is 1.35 bits per heavy atom. The summed E-state index contributed by atoms with van der Waals surface area (Å²) in [6.45, 7) is 2.06. The van der Waals surface area contributed by atoms with Crippen molar-refractivity contribution in [1.82, 2.24) is 19.9 Å². The average Bonchev–Trinajstić information content (AvgIpc) is 2.70. The lowest BCUT2D eigenvalue weighted by atomic mass is 10.1. The molecule has 0 fully saturated rings. The number of nitrogens with two attached hydrogens (primary N) is 1. The van der Waals surface area contributed by atoms with Crippen molar-refractivity contribution in [3.63, 3.8) is 0 Å². The van der Waals surface area contributed by atoms with Gasteiger partial charge in [0.2, 0.25) is 5.16 Å². The molecule has 2 rings (SSSR count). The SMILES string of the molecule is CCSc1nnc(CCc2cccnc2)n1N. The Bertz CT molecular complexity index is 468. The molecule has 2 N–H and O–H groups in total. The van der Waals surface area contributed by atoms with E-state index in [1.165, 1.54) is 5.56 Å². The van der Waals surface area contributed by atoms with E-state index in [9.17, 15) is 0 Å². The summed E-state index contributed by atoms with van der Waals surface area (Å²) in [4.78, 5) is 4.08. The van der Waals surface area contributed by atoms with Gasteiger partial charge in [-0.05, 0) is 23.8 Å². The molecule has 90 valence electrons. The van der Waals surface area contributed by atoms with E-state index in [0.717, 1.165) is 29.6 Å². The van der Waals surface area contributed by atoms with Gasteiger partial charge in [0, 0.05) is 18.8 Å². The van der Waals surface area contributed by atoms with Crippen LogP contribution in [0.1, 0.15) is 18.3 Å². The molecule has 17 heavy (non-hydrogen) atoms. The Morgan fingerprint density at radius 2 is 2.24 bits per heavy atom. The lowest BCUT2D eigenvalue weighted by Gasteiger charge is -2.02. The standard InChI is InChI=1S/C11H15N5S/c1-2-17-11-15-14-10(16(11)12)6-5-9-4-3-7-13-8-9/h3-4,7-8H,2,5-6,12H2,1H3. The zero-order valence-electron chi connectivity index (χ0n) is 9.71. The van der Waals surface area contributed by atoms with Gasteiger partial charge in [-0.2, -0.15) is 0 Å². The van der Waals surface area contributed by atoms with Crippen LogP contribution < -0.4 is 5.84 Å². The largest absolute Gasteiger partial charge is 0.336 e. The van der Waals surface area contributed by atoms with Gasteiger partial charge in [0.05, 0.1) is 0 Å². The van der Waals surface area contributed by atoms with Crippen molar-refractivity contribution in [1.29, 1.82) is 0 Å². The molecule has 0 saturated heterocycles. The third-order valence-corrected chi connectivity index (χ3v) is 3.19. The van der Waals surface area contributed by atoms with E-state index in [-0.39, 0.29) is 0 Å². The second kappa shape index (κ2) is 5.67. The highest BCUT2D eigenvalue weighted by atomic mass is 32.2. The molecule has 0 spiro atoms. The normalized spacial score (nSPS) is 10.6. The molecule has 0 aliphatic heterocycles. The van der Waals surface area contributed by atoms with Crippen molar-refractivity contribution in [2.75, 3.05) is 11.6 Å². The summed E-state index contributed by atoms with van der Waals surface area (Å²) >= 11 is 1.60. The number of nitrogens with zero attached hydrogens (tertiary/aromatic N) is 4. The maximum absolute atomic E-state index is 5.91. The van der Waals surface area contributed by atoms with Gasteiger partial charge in [-0.15, -0.1) is 10.2 Å². The maximum atomic E-state index is 5.91. The smallest absolute Gasteiger partial charge is 0.209 e. The number of aryl methyl sites for hydroxylation is 2. The highest BCUT2D eigenvalue weighted by molar-refractivity contribution is 7.99. The zero-order valence-corrected chi connectivity index (χ0v) is 10.5. The molecule has 0 aromatic carbocycles. The Kier molecular flexibility index (Phi) is 3.98. The van der Waals surface area contributed by atoms with E-state index in [4.69, 9.17) is 5.84 Å². The van der Waals surface area contributed by atoms with Crippen molar-refractivity contribution in [2.24, 2.45) is 0 Å². The monoisotopic (exact) mass is 249 g/mol. The molecule has 2 aromatic heterocycles. The molecule has 2 aromatic rings. The minimum Gasteiger partial charge on any atom is -0.336 e. The molecule has 0 amide bonds. The first-order valence-electron chi connectivity index (χ1n) is 5.52. The number of rotatable bonds is 5. The Hall–Kier alpha value is -1.56. The van der Waals surface area contributed by atoms with Gasteiger partial charge in [0.1, 0.15) is 0 Å². The van der Waals surface area contributed by atoms with Crippen LogP contribution in [0.5, 0.6) is 0 Å². The number of aromatic nitrogens is 4. The van der Waals surface area contributed by atoms with Crippen molar-refractivity contribution >= 4 is 11.8 Å². The number of hydrogen-bond acceptors (Lipinski definition) is 5. The summed E-state index contributed by atoms with van der Waals surface area (Å²) in [6, 6.07) is 3.98. The van der Waals surface area contributed by atoms with E-state index in [1.54, 1.807) is 22.6 Å². The first-order valence-corrected chi connectivity index (χ1v) is 6.51. The molecule has 6 heteroatoms. The summed E-state index contributed by atoms with van der Waals surface area (Å²) in [5.41, 5.74) is 1.18. The quantitative estimate of drug-likeness (QED) is 0.638. The van der Waals surface area contributed by atoms with Crippen molar-refractivity contribution in [3.8, 4) is 0 Å². The van der Waals surface area contributed by atoms with Gasteiger partial charge in [0.25, 0.3) is 0 Å². The van der Waals surface area contributed by atoms with Crippen LogP contribution in [0, 0.1) is 0 Å². The first kappa shape index (κ1) is 11.9. The van der Waals surface area contributed by atoms with Crippen molar-refractivity contribution < 1.29 is 0 Å². The molecule has 0 radical (unpaired) electrons. The van der Waals surface area contributed by atoms with Crippen LogP contribution in [0.15, 0.2) is 29.7 Å². The van der Waals surface area contributed by atoms with Gasteiger partial charge >= 0.3 is 0 Å². The molecule has 2 heterocycles. The van der Waals surface area contributed by atoms with E-state index in [0.29, 0.717) is 0 Å². The zero-order chi connectivity index (χ0) is 12.1. The van der Waals surface area contributed by atoms with Crippen molar-refractivity contribution in [2.45, 2.75) is 24.9 Å². The van der Waals surface area contributed by atoms with E-state index < -0.39 is 0 Å². The fraction of sp³-hybridized carbons (Fsp3) is 0.364.